The predicted molar refractivity (Wildman–Crippen MR) is 107 cm³/mol. The number of fused-ring (bicyclic) bond motifs is 1. The zero-order valence-corrected chi connectivity index (χ0v) is 16.3. The van der Waals surface area contributed by atoms with Crippen LogP contribution in [0.2, 0.25) is 0 Å². The highest BCUT2D eigenvalue weighted by Gasteiger charge is 2.25. The lowest BCUT2D eigenvalue weighted by Gasteiger charge is -2.24. The van der Waals surface area contributed by atoms with E-state index < -0.39 is 16.6 Å². The molecule has 1 atom stereocenters. The number of nitrogens with zero attached hydrogens (tertiary/aromatic N) is 1. The molecule has 4 nitrogen and oxygen atoms in total. The minimum Gasteiger partial charge on any atom is -0.456 e. The number of ether oxygens (including phenoxy) is 1. The molecule has 0 radical (unpaired) electrons. The number of halogens is 1. The van der Waals surface area contributed by atoms with Crippen LogP contribution in [0.5, 0.6) is 11.5 Å². The Hall–Kier alpha value is -2.60. The fraction of sp³-hybridized carbons (Fsp3) is 0.273. The summed E-state index contributed by atoms with van der Waals surface area (Å²) in [5, 5.41) is 0.963. The van der Waals surface area contributed by atoms with Crippen LogP contribution in [-0.4, -0.2) is 20.7 Å². The van der Waals surface area contributed by atoms with Crippen LogP contribution in [0.15, 0.2) is 47.5 Å². The highest BCUT2D eigenvalue weighted by Crippen LogP contribution is 2.35. The fourth-order valence-electron chi connectivity index (χ4n) is 3.29. The van der Waals surface area contributed by atoms with Gasteiger partial charge in [0.25, 0.3) is 0 Å². The van der Waals surface area contributed by atoms with Gasteiger partial charge in [-0.05, 0) is 55.7 Å². The van der Waals surface area contributed by atoms with Crippen molar-refractivity contribution in [3.8, 4) is 11.5 Å². The number of rotatable bonds is 6. The monoisotopic (exact) mass is 397 g/mol. The summed E-state index contributed by atoms with van der Waals surface area (Å²) in [4.78, 5) is 15.8. The van der Waals surface area contributed by atoms with Crippen LogP contribution in [0.3, 0.4) is 0 Å². The van der Waals surface area contributed by atoms with Gasteiger partial charge in [0, 0.05) is 33.7 Å². The summed E-state index contributed by atoms with van der Waals surface area (Å²) in [5.74, 6) is 0.475. The van der Waals surface area contributed by atoms with Crippen molar-refractivity contribution < 1.29 is 18.1 Å². The van der Waals surface area contributed by atoms with Crippen molar-refractivity contribution in [3.63, 3.8) is 0 Å². The summed E-state index contributed by atoms with van der Waals surface area (Å²) in [6.07, 6.45) is 5.46. The lowest BCUT2D eigenvalue weighted by atomic mass is 10.00. The van der Waals surface area contributed by atoms with Gasteiger partial charge in [-0.1, -0.05) is 12.5 Å². The Morgan fingerprint density at radius 1 is 1.21 bits per heavy atom. The first-order valence-electron chi connectivity index (χ1n) is 9.27. The molecule has 4 rings (SSSR count). The molecule has 1 aliphatic rings. The average molecular weight is 397 g/mol. The van der Waals surface area contributed by atoms with Crippen LogP contribution in [0.25, 0.3) is 10.9 Å². The topological polar surface area (TPSA) is 56.3 Å². The van der Waals surface area contributed by atoms with Crippen molar-refractivity contribution >= 4 is 28.0 Å². The van der Waals surface area contributed by atoms with Crippen molar-refractivity contribution in [2.75, 3.05) is 0 Å². The maximum Gasteiger partial charge on any atom is 0.138 e. The van der Waals surface area contributed by atoms with E-state index in [0.717, 1.165) is 35.1 Å². The van der Waals surface area contributed by atoms with Gasteiger partial charge in [-0.25, -0.2) is 4.39 Å². The van der Waals surface area contributed by atoms with Crippen molar-refractivity contribution in [1.29, 1.82) is 0 Å². The zero-order chi connectivity index (χ0) is 19.7. The molecule has 144 valence electrons. The third-order valence-corrected chi connectivity index (χ3v) is 7.00. The molecule has 0 aliphatic heterocycles. The van der Waals surface area contributed by atoms with Gasteiger partial charge >= 0.3 is 0 Å². The molecule has 28 heavy (non-hydrogen) atoms. The lowest BCUT2D eigenvalue weighted by Crippen LogP contribution is -2.23. The second-order valence-electron chi connectivity index (χ2n) is 6.97. The van der Waals surface area contributed by atoms with E-state index in [1.807, 2.05) is 18.2 Å². The molecular weight excluding hydrogens is 377 g/mol. The van der Waals surface area contributed by atoms with E-state index in [2.05, 4.69) is 4.98 Å². The van der Waals surface area contributed by atoms with E-state index in [9.17, 15) is 13.4 Å². The Morgan fingerprint density at radius 3 is 2.75 bits per heavy atom. The minimum absolute atomic E-state index is 0.0292. The third kappa shape index (κ3) is 3.44. The van der Waals surface area contributed by atoms with E-state index in [1.165, 1.54) is 0 Å². The molecule has 1 aromatic heterocycles. The van der Waals surface area contributed by atoms with Gasteiger partial charge in [-0.15, -0.1) is 0 Å². The average Bonchev–Trinajstić information content (AvgIpc) is 2.66. The largest absolute Gasteiger partial charge is 0.456 e. The molecule has 0 N–H and O–H groups in total. The molecular formula is C22H20FNO3S. The smallest absolute Gasteiger partial charge is 0.138 e. The summed E-state index contributed by atoms with van der Waals surface area (Å²) in [7, 11) is -1.04. The van der Waals surface area contributed by atoms with Crippen molar-refractivity contribution in [2.45, 2.75) is 42.8 Å². The van der Waals surface area contributed by atoms with Gasteiger partial charge < -0.3 is 9.53 Å². The number of carbonyl (C=O) groups is 1. The molecule has 1 aliphatic carbocycles. The van der Waals surface area contributed by atoms with Crippen LogP contribution in [0, 0.1) is 12.7 Å². The Kier molecular flexibility index (Phi) is 5.22. The van der Waals surface area contributed by atoms with Crippen LogP contribution in [0.4, 0.5) is 4.39 Å². The Bertz CT molecular complexity index is 1080. The molecule has 0 bridgehead atoms. The summed E-state index contributed by atoms with van der Waals surface area (Å²) in [5.41, 5.74) is 1.42. The summed E-state index contributed by atoms with van der Waals surface area (Å²) >= 11 is 0. The zero-order valence-electron chi connectivity index (χ0n) is 15.5. The van der Waals surface area contributed by atoms with Gasteiger partial charge in [0.1, 0.15) is 23.6 Å². The van der Waals surface area contributed by atoms with Crippen LogP contribution in [-0.2, 0) is 22.0 Å². The number of carbonyl (C=O) groups excluding carboxylic acids is 1. The first kappa shape index (κ1) is 18.7. The molecule has 2 aromatic carbocycles. The molecule has 0 amide bonds. The van der Waals surface area contributed by atoms with Gasteiger partial charge in [-0.3, -0.25) is 9.19 Å². The standard InChI is InChI=1S/C22H20FNO3S/c1-14-20(8-5-15(10-12-25)22(14)23)27-21-9-11-24-19-7-6-17(13-18(19)21)28(26)16-3-2-4-16/h5-9,11-13,16H,2-4,10H2,1H3. The van der Waals surface area contributed by atoms with Gasteiger partial charge in [0.15, 0.2) is 0 Å². The molecule has 1 unspecified atom stereocenters. The SMILES string of the molecule is Cc1c(Oc2ccnc3ccc(S(=O)C4CCC4)cc23)ccc(CC=O)c1F. The van der Waals surface area contributed by atoms with Gasteiger partial charge in [0.2, 0.25) is 0 Å². The van der Waals surface area contributed by atoms with E-state index in [0.29, 0.717) is 28.9 Å². The number of aldehydes is 1. The molecule has 6 heteroatoms. The van der Waals surface area contributed by atoms with Crippen LogP contribution >= 0.6 is 0 Å². The Balaban J connectivity index is 1.71. The van der Waals surface area contributed by atoms with E-state index in [1.54, 1.807) is 31.3 Å². The van der Waals surface area contributed by atoms with Crippen molar-refractivity contribution in [1.82, 2.24) is 4.98 Å². The quantitative estimate of drug-likeness (QED) is 0.557. The van der Waals surface area contributed by atoms with Crippen LogP contribution in [0.1, 0.15) is 30.4 Å². The first-order valence-corrected chi connectivity index (χ1v) is 10.5. The van der Waals surface area contributed by atoms with E-state index >= 15 is 0 Å². The number of hydrogen-bond acceptors (Lipinski definition) is 4. The van der Waals surface area contributed by atoms with Crippen molar-refractivity contribution in [2.24, 2.45) is 0 Å². The minimum atomic E-state index is -1.04. The third-order valence-electron chi connectivity index (χ3n) is 5.20. The summed E-state index contributed by atoms with van der Waals surface area (Å²) in [6, 6.07) is 10.5. The Labute approximate surface area is 165 Å². The Morgan fingerprint density at radius 2 is 2.04 bits per heavy atom. The second kappa shape index (κ2) is 7.80. The lowest BCUT2D eigenvalue weighted by molar-refractivity contribution is -0.107. The number of pyridine rings is 1. The predicted octanol–water partition coefficient (Wildman–Crippen LogP) is 4.88. The summed E-state index contributed by atoms with van der Waals surface area (Å²) in [6.45, 7) is 1.62. The maximum absolute atomic E-state index is 14.5. The normalized spacial score (nSPS) is 15.2. The molecule has 0 saturated heterocycles. The fourth-order valence-corrected chi connectivity index (χ4v) is 4.87. The van der Waals surface area contributed by atoms with Crippen molar-refractivity contribution in [3.05, 3.63) is 59.5 Å². The first-order chi connectivity index (χ1) is 13.6. The van der Waals surface area contributed by atoms with E-state index in [4.69, 9.17) is 4.74 Å². The summed E-state index contributed by atoms with van der Waals surface area (Å²) < 4.78 is 33.2. The van der Waals surface area contributed by atoms with E-state index in [-0.39, 0.29) is 11.7 Å². The highest BCUT2D eigenvalue weighted by molar-refractivity contribution is 7.85. The van der Waals surface area contributed by atoms with Crippen LogP contribution < -0.4 is 4.74 Å². The number of benzene rings is 2. The molecule has 1 fully saturated rings. The molecule has 0 spiro atoms. The van der Waals surface area contributed by atoms with Gasteiger partial charge in [-0.2, -0.15) is 0 Å². The highest BCUT2D eigenvalue weighted by atomic mass is 32.2. The number of aromatic nitrogens is 1. The molecule has 1 saturated carbocycles. The second-order valence-corrected chi connectivity index (χ2v) is 8.71. The molecule has 1 heterocycles. The maximum atomic E-state index is 14.5. The number of hydrogen-bond donors (Lipinski definition) is 0. The molecule has 3 aromatic rings. The van der Waals surface area contributed by atoms with Gasteiger partial charge in [0.05, 0.1) is 16.3 Å².